The van der Waals surface area contributed by atoms with Gasteiger partial charge < -0.3 is 9.32 Å². The van der Waals surface area contributed by atoms with Crippen LogP contribution in [0, 0.1) is 0 Å². The second kappa shape index (κ2) is 13.6. The fourth-order valence-electron chi connectivity index (χ4n) is 9.07. The molecule has 10 aromatic carbocycles. The average molecular weight is 770 g/mol. The maximum Gasteiger partial charge on any atom is 0.135 e. The van der Waals surface area contributed by atoms with Crippen LogP contribution in [-0.4, -0.2) is 0 Å². The number of anilines is 3. The van der Waals surface area contributed by atoms with Crippen molar-refractivity contribution in [2.24, 2.45) is 0 Å². The number of hydrogen-bond donors (Lipinski definition) is 0. The third kappa shape index (κ3) is 5.62. The van der Waals surface area contributed by atoms with E-state index in [1.165, 1.54) is 69.5 Å². The number of nitrogens with zero attached hydrogens (tertiary/aromatic N) is 1. The van der Waals surface area contributed by atoms with E-state index in [2.05, 4.69) is 205 Å². The number of fused-ring (bicyclic) bond motifs is 9. The lowest BCUT2D eigenvalue weighted by Crippen LogP contribution is -2.10. The predicted molar refractivity (Wildman–Crippen MR) is 253 cm³/mol. The van der Waals surface area contributed by atoms with Crippen LogP contribution in [0.4, 0.5) is 17.1 Å². The number of furan rings is 1. The third-order valence-electron chi connectivity index (χ3n) is 11.8. The van der Waals surface area contributed by atoms with Gasteiger partial charge in [0.05, 0.1) is 0 Å². The minimum atomic E-state index is 0.881. The number of rotatable bonds is 6. The molecule has 59 heavy (non-hydrogen) atoms. The number of thiophene rings is 1. The second-order valence-electron chi connectivity index (χ2n) is 15.3. The van der Waals surface area contributed by atoms with Crippen molar-refractivity contribution in [1.29, 1.82) is 0 Å². The normalized spacial score (nSPS) is 11.7. The van der Waals surface area contributed by atoms with Gasteiger partial charge in [-0.3, -0.25) is 0 Å². The summed E-state index contributed by atoms with van der Waals surface area (Å²) in [6.07, 6.45) is 0. The Morgan fingerprint density at radius 3 is 1.71 bits per heavy atom. The summed E-state index contributed by atoms with van der Waals surface area (Å²) >= 11 is 1.87. The van der Waals surface area contributed by atoms with Gasteiger partial charge in [0.15, 0.2) is 0 Å². The van der Waals surface area contributed by atoms with Gasteiger partial charge >= 0.3 is 0 Å². The first-order valence-electron chi connectivity index (χ1n) is 20.1. The molecule has 2 heterocycles. The van der Waals surface area contributed by atoms with E-state index >= 15 is 0 Å². The summed E-state index contributed by atoms with van der Waals surface area (Å²) in [7, 11) is 0. The van der Waals surface area contributed by atoms with Gasteiger partial charge in [-0.2, -0.15) is 0 Å². The fraction of sp³-hybridized carbons (Fsp3) is 0. The molecule has 12 rings (SSSR count). The highest BCUT2D eigenvalue weighted by Gasteiger charge is 2.19. The van der Waals surface area contributed by atoms with Crippen LogP contribution in [-0.2, 0) is 0 Å². The summed E-state index contributed by atoms with van der Waals surface area (Å²) in [5.74, 6) is 0. The molecule has 12 aromatic rings. The van der Waals surface area contributed by atoms with Gasteiger partial charge in [0.1, 0.15) is 11.2 Å². The molecule has 0 aliphatic carbocycles. The molecule has 0 aliphatic heterocycles. The lowest BCUT2D eigenvalue weighted by atomic mass is 9.89. The van der Waals surface area contributed by atoms with Crippen LogP contribution in [0.3, 0.4) is 0 Å². The topological polar surface area (TPSA) is 16.4 Å². The number of benzene rings is 10. The average Bonchev–Trinajstić information content (AvgIpc) is 3.86. The highest BCUT2D eigenvalue weighted by Crippen LogP contribution is 2.45. The standard InChI is InChI=1S/C56H35NOS/c1-2-13-36(14-3-1)43-17-4-6-19-45(43)46-20-7-5-18-44(46)38-15-12-16-40(31-38)57(42-29-30-54-51(34-42)47-21-8-10-23-53(47)58-54)41-28-27-37-25-26-39-32-56-52(35-50(39)49(37)33-41)48-22-9-11-24-55(48)59-56/h1-35H. The van der Waals surface area contributed by atoms with E-state index in [1.807, 2.05) is 23.5 Å². The summed E-state index contributed by atoms with van der Waals surface area (Å²) in [6.45, 7) is 0. The van der Waals surface area contributed by atoms with Crippen LogP contribution in [0.15, 0.2) is 217 Å². The molecule has 2 aromatic heterocycles. The van der Waals surface area contributed by atoms with Gasteiger partial charge in [-0.1, -0.05) is 146 Å². The van der Waals surface area contributed by atoms with Crippen molar-refractivity contribution in [3.05, 3.63) is 212 Å². The van der Waals surface area contributed by atoms with Crippen LogP contribution in [0.2, 0.25) is 0 Å². The molecule has 0 amide bonds. The molecular weight excluding hydrogens is 735 g/mol. The first-order valence-corrected chi connectivity index (χ1v) is 20.9. The van der Waals surface area contributed by atoms with Crippen molar-refractivity contribution in [1.82, 2.24) is 0 Å². The maximum atomic E-state index is 6.32. The molecule has 0 saturated carbocycles. The predicted octanol–water partition coefficient (Wildman–Crippen LogP) is 16.7. The zero-order chi connectivity index (χ0) is 38.9. The van der Waals surface area contributed by atoms with Gasteiger partial charge in [0.25, 0.3) is 0 Å². The molecule has 0 fully saturated rings. The fourth-order valence-corrected chi connectivity index (χ4v) is 10.2. The molecule has 0 bridgehead atoms. The van der Waals surface area contributed by atoms with Crippen molar-refractivity contribution in [2.45, 2.75) is 0 Å². The molecule has 0 radical (unpaired) electrons. The van der Waals surface area contributed by atoms with Crippen molar-refractivity contribution in [3.8, 4) is 33.4 Å². The molecular formula is C56H35NOS. The SMILES string of the molecule is c1ccc(-c2ccccc2-c2ccccc2-c2cccc(N(c3ccc4ccc5cc6sc7ccccc7c6cc5c4c3)c3ccc4oc5ccccc5c4c3)c2)cc1. The van der Waals surface area contributed by atoms with Gasteiger partial charge in [-0.25, -0.2) is 0 Å². The van der Waals surface area contributed by atoms with E-state index in [9.17, 15) is 0 Å². The first-order chi connectivity index (χ1) is 29.2. The van der Waals surface area contributed by atoms with Crippen LogP contribution in [0.5, 0.6) is 0 Å². The van der Waals surface area contributed by atoms with E-state index in [0.717, 1.165) is 44.6 Å². The summed E-state index contributed by atoms with van der Waals surface area (Å²) in [5.41, 5.74) is 12.2. The molecule has 0 aliphatic rings. The summed E-state index contributed by atoms with van der Waals surface area (Å²) < 4.78 is 8.96. The van der Waals surface area contributed by atoms with Crippen LogP contribution in [0.25, 0.3) is 97.0 Å². The smallest absolute Gasteiger partial charge is 0.135 e. The lowest BCUT2D eigenvalue weighted by Gasteiger charge is -2.27. The Morgan fingerprint density at radius 2 is 0.881 bits per heavy atom. The molecule has 0 atom stereocenters. The quantitative estimate of drug-likeness (QED) is 0.157. The molecule has 0 unspecified atom stereocenters. The Hall–Kier alpha value is -7.46. The third-order valence-corrected chi connectivity index (χ3v) is 13.0. The Labute approximate surface area is 345 Å². The van der Waals surface area contributed by atoms with Gasteiger partial charge in [0, 0.05) is 48.0 Å². The summed E-state index contributed by atoms with van der Waals surface area (Å²) in [5, 5.41) is 9.80. The van der Waals surface area contributed by atoms with Crippen molar-refractivity contribution in [3.63, 3.8) is 0 Å². The zero-order valence-corrected chi connectivity index (χ0v) is 32.8. The minimum Gasteiger partial charge on any atom is -0.456 e. The van der Waals surface area contributed by atoms with Crippen LogP contribution >= 0.6 is 11.3 Å². The van der Waals surface area contributed by atoms with Crippen LogP contribution in [0.1, 0.15) is 0 Å². The van der Waals surface area contributed by atoms with Gasteiger partial charge in [-0.15, -0.1) is 11.3 Å². The van der Waals surface area contributed by atoms with Crippen molar-refractivity contribution >= 4 is 92.1 Å². The van der Waals surface area contributed by atoms with Gasteiger partial charge in [0.2, 0.25) is 0 Å². The van der Waals surface area contributed by atoms with Gasteiger partial charge in [-0.05, 0) is 122 Å². The Morgan fingerprint density at radius 1 is 0.305 bits per heavy atom. The van der Waals surface area contributed by atoms with Crippen molar-refractivity contribution in [2.75, 3.05) is 4.90 Å². The van der Waals surface area contributed by atoms with E-state index in [4.69, 9.17) is 4.42 Å². The van der Waals surface area contributed by atoms with E-state index in [0.29, 0.717) is 0 Å². The molecule has 0 N–H and O–H groups in total. The van der Waals surface area contributed by atoms with Crippen molar-refractivity contribution < 1.29 is 4.42 Å². The molecule has 3 heteroatoms. The molecule has 2 nitrogen and oxygen atoms in total. The maximum absolute atomic E-state index is 6.32. The Kier molecular flexibility index (Phi) is 7.75. The number of hydrogen-bond acceptors (Lipinski definition) is 3. The van der Waals surface area contributed by atoms with E-state index in [1.54, 1.807) is 0 Å². The monoisotopic (exact) mass is 769 g/mol. The first kappa shape index (κ1) is 33.7. The van der Waals surface area contributed by atoms with E-state index < -0.39 is 0 Å². The Balaban J connectivity index is 1.07. The highest BCUT2D eigenvalue weighted by atomic mass is 32.1. The van der Waals surface area contributed by atoms with Crippen LogP contribution < -0.4 is 4.90 Å². The lowest BCUT2D eigenvalue weighted by molar-refractivity contribution is 0.669. The van der Waals surface area contributed by atoms with E-state index in [-0.39, 0.29) is 0 Å². The summed E-state index contributed by atoms with van der Waals surface area (Å²) in [6, 6.07) is 77.1. The minimum absolute atomic E-state index is 0.881. The summed E-state index contributed by atoms with van der Waals surface area (Å²) in [4.78, 5) is 2.40. The molecule has 0 spiro atoms. The Bertz CT molecular complexity index is 3580. The molecule has 276 valence electrons. The largest absolute Gasteiger partial charge is 0.456 e. The highest BCUT2D eigenvalue weighted by molar-refractivity contribution is 7.25. The molecule has 0 saturated heterocycles. The number of para-hydroxylation sites is 1. The second-order valence-corrected chi connectivity index (χ2v) is 16.3. The zero-order valence-electron chi connectivity index (χ0n) is 32.0.